The van der Waals surface area contributed by atoms with Gasteiger partial charge in [0, 0.05) is 19.3 Å². The number of ether oxygens (including phenoxy) is 4. The summed E-state index contributed by atoms with van der Waals surface area (Å²) < 4.78 is 68.3. The summed E-state index contributed by atoms with van der Waals surface area (Å²) in [7, 11) is -10.0. The zero-order valence-corrected chi connectivity index (χ0v) is 65.0. The molecular weight excluding hydrogens is 1330 g/mol. The van der Waals surface area contributed by atoms with Crippen LogP contribution in [-0.2, 0) is 65.4 Å². The predicted molar refractivity (Wildman–Crippen MR) is 417 cm³/mol. The molecule has 0 aliphatic carbocycles. The second-order valence-corrected chi connectivity index (χ2v) is 28.1. The lowest BCUT2D eigenvalue weighted by molar-refractivity contribution is -0.161. The number of unbranched alkanes of at least 4 members (excludes halogenated alkanes) is 20. The largest absolute Gasteiger partial charge is 0.472 e. The Labute approximate surface area is 617 Å². The fourth-order valence-electron chi connectivity index (χ4n) is 9.71. The highest BCUT2D eigenvalue weighted by Gasteiger charge is 2.30. The van der Waals surface area contributed by atoms with Crippen LogP contribution >= 0.6 is 15.6 Å². The van der Waals surface area contributed by atoms with Crippen LogP contribution in [0.15, 0.2) is 158 Å². The van der Waals surface area contributed by atoms with E-state index in [9.17, 15) is 43.2 Å². The van der Waals surface area contributed by atoms with Crippen LogP contribution in [0.1, 0.15) is 285 Å². The molecule has 0 spiro atoms. The number of allylic oxidation sites excluding steroid dienone is 25. The number of aliphatic hydroxyl groups excluding tert-OH is 1. The minimum Gasteiger partial charge on any atom is -0.462 e. The smallest absolute Gasteiger partial charge is 0.462 e. The van der Waals surface area contributed by atoms with Gasteiger partial charge >= 0.3 is 39.5 Å². The lowest BCUT2D eigenvalue weighted by Gasteiger charge is -2.21. The van der Waals surface area contributed by atoms with Crippen LogP contribution in [0.4, 0.5) is 0 Å². The lowest BCUT2D eigenvalue weighted by Crippen LogP contribution is -2.30. The molecule has 17 nitrogen and oxygen atoms in total. The molecule has 0 amide bonds. The van der Waals surface area contributed by atoms with E-state index in [1.165, 1.54) is 70.6 Å². The van der Waals surface area contributed by atoms with Gasteiger partial charge in [0.05, 0.1) is 32.8 Å². The maximum Gasteiger partial charge on any atom is 0.472 e. The highest BCUT2D eigenvalue weighted by Crippen LogP contribution is 2.45. The van der Waals surface area contributed by atoms with E-state index in [0.29, 0.717) is 32.1 Å². The van der Waals surface area contributed by atoms with E-state index in [-0.39, 0.29) is 25.7 Å². The Kier molecular flexibility index (Phi) is 70.1. The molecule has 0 aliphatic heterocycles. The van der Waals surface area contributed by atoms with Crippen LogP contribution in [0.25, 0.3) is 0 Å². The molecule has 0 aromatic rings. The van der Waals surface area contributed by atoms with Crippen LogP contribution in [0.3, 0.4) is 0 Å². The van der Waals surface area contributed by atoms with Gasteiger partial charge < -0.3 is 33.8 Å². The van der Waals surface area contributed by atoms with Crippen LogP contribution in [-0.4, -0.2) is 96.7 Å². The fourth-order valence-corrected chi connectivity index (χ4v) is 11.3. The van der Waals surface area contributed by atoms with E-state index in [2.05, 4.69) is 143 Å². The van der Waals surface area contributed by atoms with E-state index >= 15 is 0 Å². The van der Waals surface area contributed by atoms with Crippen molar-refractivity contribution in [3.05, 3.63) is 158 Å². The van der Waals surface area contributed by atoms with Crippen molar-refractivity contribution in [1.29, 1.82) is 0 Å². The molecule has 0 fully saturated rings. The molecule has 0 bridgehead atoms. The minimum absolute atomic E-state index is 0.0112. The third-order valence-electron chi connectivity index (χ3n) is 15.5. The van der Waals surface area contributed by atoms with Gasteiger partial charge in [0.2, 0.25) is 0 Å². The summed E-state index contributed by atoms with van der Waals surface area (Å²) in [6.07, 6.45) is 85.7. The maximum absolute atomic E-state index is 13.1. The number of phosphoric acid groups is 2. The van der Waals surface area contributed by atoms with E-state index in [1.807, 2.05) is 30.4 Å². The van der Waals surface area contributed by atoms with Gasteiger partial charge in [-0.25, -0.2) is 9.13 Å². The van der Waals surface area contributed by atoms with E-state index in [1.54, 1.807) is 12.2 Å². The van der Waals surface area contributed by atoms with Gasteiger partial charge in [-0.3, -0.25) is 37.3 Å². The van der Waals surface area contributed by atoms with Gasteiger partial charge in [-0.15, -0.1) is 0 Å². The molecule has 0 aromatic carbocycles. The molecule has 0 rings (SSSR count). The van der Waals surface area contributed by atoms with Crippen molar-refractivity contribution in [2.45, 2.75) is 303 Å². The molecule has 0 saturated carbocycles. The summed E-state index contributed by atoms with van der Waals surface area (Å²) in [4.78, 5) is 72.8. The third-order valence-corrected chi connectivity index (χ3v) is 17.4. The molecule has 3 N–H and O–H groups in total. The van der Waals surface area contributed by atoms with Crippen molar-refractivity contribution in [3.8, 4) is 0 Å². The second-order valence-electron chi connectivity index (χ2n) is 25.2. The molecule has 19 heteroatoms. The maximum atomic E-state index is 13.1. The predicted octanol–water partition coefficient (Wildman–Crippen LogP) is 22.4. The van der Waals surface area contributed by atoms with Gasteiger partial charge in [0.1, 0.15) is 19.3 Å². The highest BCUT2D eigenvalue weighted by molar-refractivity contribution is 7.47. The lowest BCUT2D eigenvalue weighted by atomic mass is 10.0. The molecule has 5 atom stereocenters. The van der Waals surface area contributed by atoms with Crippen LogP contribution in [0, 0.1) is 0 Å². The topological polar surface area (TPSA) is 237 Å². The van der Waals surface area contributed by atoms with E-state index < -0.39 is 97.5 Å². The number of aliphatic hydroxyl groups is 1. The van der Waals surface area contributed by atoms with Crippen molar-refractivity contribution < 1.29 is 80.2 Å². The van der Waals surface area contributed by atoms with Crippen molar-refractivity contribution in [2.24, 2.45) is 0 Å². The summed E-state index contributed by atoms with van der Waals surface area (Å²) >= 11 is 0. The normalized spacial score (nSPS) is 14.8. The molecule has 0 radical (unpaired) electrons. The zero-order valence-electron chi connectivity index (χ0n) is 63.2. The van der Waals surface area contributed by atoms with Crippen LogP contribution in [0.5, 0.6) is 0 Å². The Morgan fingerprint density at radius 1 is 0.294 bits per heavy atom. The number of hydrogen-bond donors (Lipinski definition) is 3. The van der Waals surface area contributed by atoms with Crippen LogP contribution < -0.4 is 0 Å². The number of carbonyl (C=O) groups is 4. The van der Waals surface area contributed by atoms with Crippen molar-refractivity contribution in [3.63, 3.8) is 0 Å². The standard InChI is InChI=1S/C83H136O17P2/c1-5-9-13-17-21-25-29-33-36-37-38-39-42-45-48-52-56-60-64-68-81(86)94-74-79(100-83(88)70-66-62-58-54-50-46-41-35-31-27-23-19-15-11-7-3)76-98-102(91,92)96-72-77(84)71-95-101(89,90)97-75-78(99-82(87)69-65-61-57-53-49-43-32-28-24-20-16-12-8-4)73-93-80(85)67-63-59-55-51-47-44-40-34-30-26-22-18-14-10-6-2/h9,11,13,15-16,20-21,23,25,27-28,32-33,35-36,38-39,41,45,48,50,54,56,60,62,66,77-79,84H,5-8,10,12,14,17-19,22,24,26,29-31,34,37,40,42-44,46-47,49,51-53,55,57-59,61,63-65,67-76H2,1-4H3,(H,89,90)(H,91,92)/b13-9-,15-11-,20-16-,25-21-,27-23-,32-28-,36-33-,39-38-,41-35-,48-45-,54-50-,60-56-,66-62-. The monoisotopic (exact) mass is 1470 g/mol. The van der Waals surface area contributed by atoms with E-state index in [4.69, 9.17) is 37.0 Å². The second kappa shape index (κ2) is 74.0. The summed E-state index contributed by atoms with van der Waals surface area (Å²) in [6.45, 7) is 4.35. The summed E-state index contributed by atoms with van der Waals surface area (Å²) in [5.41, 5.74) is 0. The van der Waals surface area contributed by atoms with Crippen LogP contribution in [0.2, 0.25) is 0 Å². The Morgan fingerprint density at radius 2 is 0.588 bits per heavy atom. The summed E-state index contributed by atoms with van der Waals surface area (Å²) in [6, 6.07) is 0. The average Bonchev–Trinajstić information content (AvgIpc) is 0.924. The number of phosphoric ester groups is 2. The number of hydrogen-bond acceptors (Lipinski definition) is 15. The first kappa shape index (κ1) is 96.7. The first-order valence-electron chi connectivity index (χ1n) is 38.7. The highest BCUT2D eigenvalue weighted by atomic mass is 31.2. The fraction of sp³-hybridized carbons (Fsp3) is 0.639. The zero-order chi connectivity index (χ0) is 74.6. The molecule has 102 heavy (non-hydrogen) atoms. The summed E-state index contributed by atoms with van der Waals surface area (Å²) in [5.74, 6) is -2.44. The molecular formula is C83H136O17P2. The third kappa shape index (κ3) is 73.0. The Bertz CT molecular complexity index is 2550. The molecule has 0 aromatic heterocycles. The first-order valence-corrected chi connectivity index (χ1v) is 41.7. The van der Waals surface area contributed by atoms with Gasteiger partial charge in [-0.1, -0.05) is 301 Å². The number of carbonyl (C=O) groups excluding carboxylic acids is 4. The molecule has 0 aliphatic rings. The number of rotatable bonds is 71. The molecule has 0 saturated heterocycles. The first-order chi connectivity index (χ1) is 49.7. The Hall–Kier alpha value is -5.32. The SMILES string of the molecule is CC/C=C\C/C=C\C/C=C\C/C=C\C/C=C\C/C=C\CCC(=O)OCC(COP(=O)(O)OCC(O)COP(=O)(O)OCC(COC(=O)CCCCCCCCCCCCCCCCC)OC(=O)CCCCCCC/C=C\C/C=C\CCC)OC(=O)C/C=C\C/C=C\C/C=C\C/C=C\C/C=C\CC. The number of esters is 4. The molecule has 580 valence electrons. The Morgan fingerprint density at radius 3 is 0.971 bits per heavy atom. The molecule has 5 unspecified atom stereocenters. The summed E-state index contributed by atoms with van der Waals surface area (Å²) in [5, 5.41) is 10.6. The van der Waals surface area contributed by atoms with Crippen molar-refractivity contribution in [1.82, 2.24) is 0 Å². The van der Waals surface area contributed by atoms with Crippen molar-refractivity contribution >= 4 is 39.5 Å². The van der Waals surface area contributed by atoms with E-state index in [0.717, 1.165) is 128 Å². The van der Waals surface area contributed by atoms with Gasteiger partial charge in [-0.2, -0.15) is 0 Å². The molecule has 0 heterocycles. The Balaban J connectivity index is 5.49. The van der Waals surface area contributed by atoms with Gasteiger partial charge in [0.15, 0.2) is 12.2 Å². The van der Waals surface area contributed by atoms with Crippen molar-refractivity contribution in [2.75, 3.05) is 39.6 Å². The quantitative estimate of drug-likeness (QED) is 0.0169. The van der Waals surface area contributed by atoms with Gasteiger partial charge in [-0.05, 0) is 116 Å². The average molecular weight is 1470 g/mol. The van der Waals surface area contributed by atoms with Gasteiger partial charge in [0.25, 0.3) is 0 Å². The minimum atomic E-state index is -5.02.